The van der Waals surface area contributed by atoms with Crippen LogP contribution in [-0.4, -0.2) is 0 Å². The first-order valence-electron chi connectivity index (χ1n) is 8.93. The Morgan fingerprint density at radius 1 is 1.15 bits per heavy atom. The molecule has 2 aliphatic rings. The van der Waals surface area contributed by atoms with E-state index in [1.807, 2.05) is 0 Å². The first kappa shape index (κ1) is 16.1. The van der Waals surface area contributed by atoms with Crippen molar-refractivity contribution in [1.82, 2.24) is 0 Å². The van der Waals surface area contributed by atoms with Crippen LogP contribution in [0.25, 0.3) is 0 Å². The molecule has 0 heteroatoms. The predicted octanol–water partition coefficient (Wildman–Crippen LogP) is 6.61. The van der Waals surface area contributed by atoms with Gasteiger partial charge in [-0.3, -0.25) is 0 Å². The van der Waals surface area contributed by atoms with Crippen LogP contribution in [0.5, 0.6) is 0 Å². The average molecular weight is 277 g/mol. The standard InChI is InChI=1S/C20H36/c1-7-15(2)9-11-17-16(3)10-12-18-19(4,5)13-8-14-20(17,18)6/h7,16-18H,8-14H2,1-6H3/t16?,17-,18-,20+/m0/s1. The minimum atomic E-state index is 0.570. The van der Waals surface area contributed by atoms with Gasteiger partial charge in [0.15, 0.2) is 0 Å². The van der Waals surface area contributed by atoms with Crippen molar-refractivity contribution in [3.63, 3.8) is 0 Å². The van der Waals surface area contributed by atoms with Gasteiger partial charge in [-0.2, -0.15) is 0 Å². The molecule has 20 heavy (non-hydrogen) atoms. The highest BCUT2D eigenvalue weighted by Gasteiger charge is 2.53. The summed E-state index contributed by atoms with van der Waals surface area (Å²) in [5, 5.41) is 0. The summed E-state index contributed by atoms with van der Waals surface area (Å²) in [6, 6.07) is 0. The lowest BCUT2D eigenvalue weighted by Crippen LogP contribution is -2.51. The van der Waals surface area contributed by atoms with Crippen molar-refractivity contribution in [1.29, 1.82) is 0 Å². The molecular weight excluding hydrogens is 240 g/mol. The van der Waals surface area contributed by atoms with Crippen molar-refractivity contribution >= 4 is 0 Å². The van der Waals surface area contributed by atoms with Gasteiger partial charge in [-0.15, -0.1) is 0 Å². The molecule has 0 amide bonds. The molecule has 4 atom stereocenters. The first-order valence-corrected chi connectivity index (χ1v) is 8.93. The van der Waals surface area contributed by atoms with Crippen LogP contribution in [0.2, 0.25) is 0 Å². The highest BCUT2D eigenvalue weighted by Crippen LogP contribution is 2.62. The van der Waals surface area contributed by atoms with Crippen molar-refractivity contribution in [3.8, 4) is 0 Å². The molecule has 0 aromatic carbocycles. The summed E-state index contributed by atoms with van der Waals surface area (Å²) in [5.41, 5.74) is 2.76. The fourth-order valence-corrected chi connectivity index (χ4v) is 5.75. The van der Waals surface area contributed by atoms with Gasteiger partial charge in [-0.1, -0.05) is 52.2 Å². The van der Waals surface area contributed by atoms with Crippen LogP contribution in [-0.2, 0) is 0 Å². The Kier molecular flexibility index (Phi) is 4.72. The summed E-state index contributed by atoms with van der Waals surface area (Å²) >= 11 is 0. The maximum absolute atomic E-state index is 2.64. The number of hydrogen-bond acceptors (Lipinski definition) is 0. The molecule has 116 valence electrons. The lowest BCUT2D eigenvalue weighted by atomic mass is 9.46. The number of rotatable bonds is 3. The van der Waals surface area contributed by atoms with Crippen LogP contribution in [0.3, 0.4) is 0 Å². The molecule has 2 aliphatic carbocycles. The van der Waals surface area contributed by atoms with Crippen molar-refractivity contribution < 1.29 is 0 Å². The lowest BCUT2D eigenvalue weighted by Gasteiger charge is -2.59. The second kappa shape index (κ2) is 5.85. The Balaban J connectivity index is 2.19. The first-order chi connectivity index (χ1) is 9.31. The molecule has 0 bridgehead atoms. The van der Waals surface area contributed by atoms with Gasteiger partial charge in [0.1, 0.15) is 0 Å². The summed E-state index contributed by atoms with van der Waals surface area (Å²) in [6.07, 6.45) is 12.3. The molecule has 2 saturated carbocycles. The predicted molar refractivity (Wildman–Crippen MR) is 89.8 cm³/mol. The topological polar surface area (TPSA) is 0 Å². The second-order valence-electron chi connectivity index (χ2n) is 8.74. The zero-order chi connectivity index (χ0) is 15.0. The minimum Gasteiger partial charge on any atom is -0.0887 e. The third-order valence-electron chi connectivity index (χ3n) is 7.06. The van der Waals surface area contributed by atoms with Gasteiger partial charge in [0.05, 0.1) is 0 Å². The van der Waals surface area contributed by atoms with E-state index in [0.717, 1.165) is 17.8 Å². The maximum atomic E-state index is 2.64. The summed E-state index contributed by atoms with van der Waals surface area (Å²) in [6.45, 7) is 14.7. The van der Waals surface area contributed by atoms with Crippen LogP contribution in [0.1, 0.15) is 86.5 Å². The molecule has 0 radical (unpaired) electrons. The van der Waals surface area contributed by atoms with Gasteiger partial charge in [0.2, 0.25) is 0 Å². The molecule has 0 N–H and O–H groups in total. The fraction of sp³-hybridized carbons (Fsp3) is 0.900. The van der Waals surface area contributed by atoms with Gasteiger partial charge in [-0.25, -0.2) is 0 Å². The summed E-state index contributed by atoms with van der Waals surface area (Å²) in [5.74, 6) is 2.82. The van der Waals surface area contributed by atoms with Gasteiger partial charge < -0.3 is 0 Å². The minimum absolute atomic E-state index is 0.570. The SMILES string of the molecule is CC=C(C)CC[C@H]1C(C)CC[C@H]2C(C)(C)CCC[C@]12C. The molecule has 0 spiro atoms. The lowest BCUT2D eigenvalue weighted by molar-refractivity contribution is -0.0957. The smallest absolute Gasteiger partial charge is 0.0261 e. The highest BCUT2D eigenvalue weighted by atomic mass is 14.6. The quantitative estimate of drug-likeness (QED) is 0.509. The molecule has 2 rings (SSSR count). The van der Waals surface area contributed by atoms with Gasteiger partial charge in [0, 0.05) is 0 Å². The van der Waals surface area contributed by atoms with Crippen LogP contribution in [0, 0.1) is 28.6 Å². The molecule has 0 aromatic heterocycles. The van der Waals surface area contributed by atoms with Crippen LogP contribution in [0.4, 0.5) is 0 Å². The molecular formula is C20H36. The summed E-state index contributed by atoms with van der Waals surface area (Å²) < 4.78 is 0. The van der Waals surface area contributed by atoms with Crippen molar-refractivity contribution in [2.45, 2.75) is 86.5 Å². The third-order valence-corrected chi connectivity index (χ3v) is 7.06. The number of fused-ring (bicyclic) bond motifs is 1. The normalized spacial score (nSPS) is 41.3. The van der Waals surface area contributed by atoms with Crippen LogP contribution < -0.4 is 0 Å². The number of allylic oxidation sites excluding steroid dienone is 2. The molecule has 0 nitrogen and oxygen atoms in total. The van der Waals surface area contributed by atoms with E-state index in [2.05, 4.69) is 47.6 Å². The third kappa shape index (κ3) is 2.85. The Labute approximate surface area is 127 Å². The Bertz CT molecular complexity index is 362. The van der Waals surface area contributed by atoms with Crippen LogP contribution >= 0.6 is 0 Å². The second-order valence-corrected chi connectivity index (χ2v) is 8.74. The summed E-state index contributed by atoms with van der Waals surface area (Å²) in [7, 11) is 0. The van der Waals surface area contributed by atoms with Gasteiger partial charge in [0.25, 0.3) is 0 Å². The Hall–Kier alpha value is -0.260. The zero-order valence-electron chi connectivity index (χ0n) is 14.8. The van der Waals surface area contributed by atoms with E-state index < -0.39 is 0 Å². The maximum Gasteiger partial charge on any atom is -0.0261 e. The Morgan fingerprint density at radius 3 is 2.50 bits per heavy atom. The highest BCUT2D eigenvalue weighted by molar-refractivity contribution is 5.04. The Morgan fingerprint density at radius 2 is 1.85 bits per heavy atom. The molecule has 2 fully saturated rings. The fourth-order valence-electron chi connectivity index (χ4n) is 5.75. The van der Waals surface area contributed by atoms with E-state index in [4.69, 9.17) is 0 Å². The molecule has 0 aromatic rings. The van der Waals surface area contributed by atoms with Gasteiger partial charge >= 0.3 is 0 Å². The van der Waals surface area contributed by atoms with Crippen LogP contribution in [0.15, 0.2) is 11.6 Å². The van der Waals surface area contributed by atoms with E-state index in [-0.39, 0.29) is 0 Å². The van der Waals surface area contributed by atoms with Gasteiger partial charge in [-0.05, 0) is 74.5 Å². The monoisotopic (exact) mass is 276 g/mol. The molecule has 0 saturated heterocycles. The van der Waals surface area contributed by atoms with E-state index >= 15 is 0 Å². The van der Waals surface area contributed by atoms with Crippen molar-refractivity contribution in [2.24, 2.45) is 28.6 Å². The largest absolute Gasteiger partial charge is 0.0887 e. The number of hydrogen-bond donors (Lipinski definition) is 0. The molecule has 0 aliphatic heterocycles. The molecule has 1 unspecified atom stereocenters. The zero-order valence-corrected chi connectivity index (χ0v) is 14.8. The van der Waals surface area contributed by atoms with E-state index in [9.17, 15) is 0 Å². The van der Waals surface area contributed by atoms with E-state index in [0.29, 0.717) is 10.8 Å². The van der Waals surface area contributed by atoms with Crippen molar-refractivity contribution in [2.75, 3.05) is 0 Å². The van der Waals surface area contributed by atoms with Crippen molar-refractivity contribution in [3.05, 3.63) is 11.6 Å². The van der Waals surface area contributed by atoms with E-state index in [1.54, 1.807) is 5.57 Å². The van der Waals surface area contributed by atoms with E-state index in [1.165, 1.54) is 44.9 Å². The summed E-state index contributed by atoms with van der Waals surface area (Å²) in [4.78, 5) is 0. The average Bonchev–Trinajstić information content (AvgIpc) is 2.36. The molecule has 0 heterocycles.